The number of hydrogen-bond donors (Lipinski definition) is 6. The Kier molecular flexibility index (Phi) is 13.2. The number of rotatable bonds is 14. The molecule has 274 valence electrons. The van der Waals surface area contributed by atoms with Crippen molar-refractivity contribution < 1.29 is 24.2 Å². The standard InChI is InChI=1S/C39H45ClN6O6/c1-24-14-15-26(36(48)42-6)19-31(24)46-25(2)18-32(35(40)37(46)49)52-23-28-11-8-7-10-27(28)22-43-38(50)45-34(21-33(41)39(3,4)5)44-29-12-9-13-30(20-29)51-17-16-47/h7-15,18-21,41,44,47H,16-17,22-23H2,1-6H3,(H,42,48)(H2,43,45,50)/b34-21+,41-33?. The van der Waals surface area contributed by atoms with Crippen molar-refractivity contribution in [3.8, 4) is 17.2 Å². The molecule has 3 amide bonds. The van der Waals surface area contributed by atoms with Crippen LogP contribution in [0.4, 0.5) is 10.5 Å². The van der Waals surface area contributed by atoms with Crippen LogP contribution in [-0.2, 0) is 13.2 Å². The molecule has 0 aliphatic rings. The van der Waals surface area contributed by atoms with Gasteiger partial charge in [-0.2, -0.15) is 0 Å². The molecule has 6 N–H and O–H groups in total. The van der Waals surface area contributed by atoms with Crippen molar-refractivity contribution in [2.75, 3.05) is 25.6 Å². The molecule has 0 unspecified atom stereocenters. The van der Waals surface area contributed by atoms with Crippen molar-refractivity contribution in [2.45, 2.75) is 47.8 Å². The topological polar surface area (TPSA) is 167 Å². The molecule has 12 nitrogen and oxygen atoms in total. The third kappa shape index (κ3) is 10.2. The number of halogens is 1. The summed E-state index contributed by atoms with van der Waals surface area (Å²) in [6.45, 7) is 9.54. The number of carbonyl (C=O) groups is 2. The van der Waals surface area contributed by atoms with Gasteiger partial charge in [-0.1, -0.05) is 68.8 Å². The van der Waals surface area contributed by atoms with E-state index < -0.39 is 17.0 Å². The Morgan fingerprint density at radius 1 is 0.981 bits per heavy atom. The molecule has 52 heavy (non-hydrogen) atoms. The molecule has 0 spiro atoms. The van der Waals surface area contributed by atoms with Crippen LogP contribution in [0.2, 0.25) is 5.02 Å². The van der Waals surface area contributed by atoms with Gasteiger partial charge in [-0.25, -0.2) is 4.79 Å². The molecule has 1 heterocycles. The molecule has 0 saturated carbocycles. The number of aromatic nitrogens is 1. The largest absolute Gasteiger partial charge is 0.491 e. The molecule has 0 aliphatic heterocycles. The molecule has 0 atom stereocenters. The summed E-state index contributed by atoms with van der Waals surface area (Å²) in [5, 5.41) is 28.9. The van der Waals surface area contributed by atoms with Gasteiger partial charge in [0.1, 0.15) is 35.6 Å². The van der Waals surface area contributed by atoms with Crippen molar-refractivity contribution in [2.24, 2.45) is 5.41 Å². The van der Waals surface area contributed by atoms with Crippen molar-refractivity contribution >= 4 is 34.9 Å². The van der Waals surface area contributed by atoms with E-state index in [1.54, 1.807) is 68.6 Å². The summed E-state index contributed by atoms with van der Waals surface area (Å²) >= 11 is 6.57. The Hall–Kier alpha value is -5.59. The Morgan fingerprint density at radius 3 is 2.40 bits per heavy atom. The normalized spacial score (nSPS) is 11.4. The summed E-state index contributed by atoms with van der Waals surface area (Å²) < 4.78 is 13.0. The van der Waals surface area contributed by atoms with E-state index in [4.69, 9.17) is 31.6 Å². The molecule has 0 aliphatic carbocycles. The number of urea groups is 1. The summed E-state index contributed by atoms with van der Waals surface area (Å²) in [6, 6.07) is 20.7. The van der Waals surface area contributed by atoms with Crippen molar-refractivity contribution in [1.29, 1.82) is 5.41 Å². The summed E-state index contributed by atoms with van der Waals surface area (Å²) in [4.78, 5) is 39.0. The van der Waals surface area contributed by atoms with Gasteiger partial charge in [0.2, 0.25) is 0 Å². The SMILES string of the molecule is CNC(=O)c1ccc(C)c(-n2c(C)cc(OCc3ccccc3CNC(=O)N/C(=C/C(=N)C(C)(C)C)Nc3cccc(OCCO)c3)c(Cl)c2=O)c1. The Morgan fingerprint density at radius 2 is 1.71 bits per heavy atom. The summed E-state index contributed by atoms with van der Waals surface area (Å²) in [5.74, 6) is 0.746. The smallest absolute Gasteiger partial charge is 0.320 e. The van der Waals surface area contributed by atoms with Crippen LogP contribution in [0.25, 0.3) is 5.69 Å². The highest BCUT2D eigenvalue weighted by atomic mass is 35.5. The number of aliphatic hydroxyl groups is 1. The van der Waals surface area contributed by atoms with Crippen LogP contribution in [0, 0.1) is 24.7 Å². The lowest BCUT2D eigenvalue weighted by Gasteiger charge is -2.20. The lowest BCUT2D eigenvalue weighted by molar-refractivity contribution is 0.0963. The molecular formula is C39H45ClN6O6. The van der Waals surface area contributed by atoms with Crippen LogP contribution in [0.1, 0.15) is 53.5 Å². The second-order valence-corrected chi connectivity index (χ2v) is 13.4. The number of anilines is 1. The lowest BCUT2D eigenvalue weighted by Crippen LogP contribution is -2.37. The van der Waals surface area contributed by atoms with Crippen LogP contribution < -0.4 is 36.3 Å². The van der Waals surface area contributed by atoms with Gasteiger partial charge in [0.05, 0.1) is 12.3 Å². The van der Waals surface area contributed by atoms with E-state index in [0.717, 1.165) is 16.7 Å². The summed E-state index contributed by atoms with van der Waals surface area (Å²) in [7, 11) is 1.54. The quantitative estimate of drug-likeness (QED) is 0.0837. The van der Waals surface area contributed by atoms with Crippen LogP contribution in [0.5, 0.6) is 11.5 Å². The third-order valence-corrected chi connectivity index (χ3v) is 8.35. The highest BCUT2D eigenvalue weighted by molar-refractivity contribution is 6.31. The molecule has 1 aromatic heterocycles. The number of carbonyl (C=O) groups excluding carboxylic acids is 2. The van der Waals surface area contributed by atoms with E-state index in [1.807, 2.05) is 52.0 Å². The zero-order valence-corrected chi connectivity index (χ0v) is 30.9. The molecule has 0 bridgehead atoms. The molecule has 0 radical (unpaired) electrons. The zero-order valence-electron chi connectivity index (χ0n) is 30.1. The maximum atomic E-state index is 13.5. The van der Waals surface area contributed by atoms with Crippen LogP contribution in [0.15, 0.2) is 89.5 Å². The molecule has 3 aromatic carbocycles. The van der Waals surface area contributed by atoms with Gasteiger partial charge in [-0.15, -0.1) is 0 Å². The predicted octanol–water partition coefficient (Wildman–Crippen LogP) is 6.24. The van der Waals surface area contributed by atoms with E-state index in [2.05, 4.69) is 21.3 Å². The number of nitrogens with one attached hydrogen (secondary N) is 5. The van der Waals surface area contributed by atoms with E-state index >= 15 is 0 Å². The highest BCUT2D eigenvalue weighted by Gasteiger charge is 2.19. The number of aliphatic hydroxyl groups excluding tert-OH is 1. The first-order chi connectivity index (χ1) is 24.7. The highest BCUT2D eigenvalue weighted by Crippen LogP contribution is 2.27. The van der Waals surface area contributed by atoms with Crippen molar-refractivity contribution in [3.63, 3.8) is 0 Å². The minimum absolute atomic E-state index is 0.0669. The Bertz CT molecular complexity index is 2030. The summed E-state index contributed by atoms with van der Waals surface area (Å²) in [6.07, 6.45) is 1.56. The molecule has 0 fully saturated rings. The van der Waals surface area contributed by atoms with Gasteiger partial charge < -0.3 is 35.9 Å². The monoisotopic (exact) mass is 728 g/mol. The van der Waals surface area contributed by atoms with Crippen LogP contribution >= 0.6 is 11.6 Å². The minimum atomic E-state index is -0.512. The number of amides is 3. The van der Waals surface area contributed by atoms with E-state index in [9.17, 15) is 14.4 Å². The summed E-state index contributed by atoms with van der Waals surface area (Å²) in [5.41, 5.74) is 3.78. The second kappa shape index (κ2) is 17.6. The fourth-order valence-electron chi connectivity index (χ4n) is 5.04. The number of benzene rings is 3. The average molecular weight is 729 g/mol. The maximum absolute atomic E-state index is 13.5. The fraction of sp³-hybridized carbons (Fsp3) is 0.282. The molecule has 4 rings (SSSR count). The van der Waals surface area contributed by atoms with E-state index in [1.165, 1.54) is 4.57 Å². The zero-order chi connectivity index (χ0) is 38.0. The first kappa shape index (κ1) is 39.2. The Balaban J connectivity index is 1.48. The molecule has 13 heteroatoms. The number of allylic oxidation sites excluding steroid dienone is 1. The van der Waals surface area contributed by atoms with Gasteiger partial charge in [-0.3, -0.25) is 19.5 Å². The van der Waals surface area contributed by atoms with Gasteiger partial charge in [-0.05, 0) is 54.8 Å². The fourth-order valence-corrected chi connectivity index (χ4v) is 5.23. The average Bonchev–Trinajstić information content (AvgIpc) is 3.11. The third-order valence-electron chi connectivity index (χ3n) is 8.00. The van der Waals surface area contributed by atoms with Gasteiger partial charge in [0.15, 0.2) is 0 Å². The molecule has 4 aromatic rings. The number of hydrogen-bond acceptors (Lipinski definition) is 8. The number of ether oxygens (including phenoxy) is 2. The number of pyridine rings is 1. The van der Waals surface area contributed by atoms with E-state index in [-0.39, 0.29) is 48.9 Å². The first-order valence-electron chi connectivity index (χ1n) is 16.6. The van der Waals surface area contributed by atoms with Crippen LogP contribution in [-0.4, -0.2) is 47.6 Å². The number of aryl methyl sites for hydroxylation is 2. The van der Waals surface area contributed by atoms with Gasteiger partial charge in [0, 0.05) is 59.9 Å². The Labute approximate surface area is 308 Å². The molecular weight excluding hydrogens is 684 g/mol. The maximum Gasteiger partial charge on any atom is 0.320 e. The van der Waals surface area contributed by atoms with E-state index in [0.29, 0.717) is 34.1 Å². The van der Waals surface area contributed by atoms with Crippen molar-refractivity contribution in [1.82, 2.24) is 20.5 Å². The van der Waals surface area contributed by atoms with Crippen LogP contribution in [0.3, 0.4) is 0 Å². The van der Waals surface area contributed by atoms with Gasteiger partial charge >= 0.3 is 6.03 Å². The van der Waals surface area contributed by atoms with Crippen molar-refractivity contribution in [3.05, 3.63) is 128 Å². The predicted molar refractivity (Wildman–Crippen MR) is 204 cm³/mol. The minimum Gasteiger partial charge on any atom is -0.491 e. The molecule has 0 saturated heterocycles. The number of nitrogens with zero attached hydrogens (tertiary/aromatic N) is 1. The second-order valence-electron chi connectivity index (χ2n) is 13.0. The first-order valence-corrected chi connectivity index (χ1v) is 17.0. The lowest BCUT2D eigenvalue weighted by atomic mass is 9.90. The van der Waals surface area contributed by atoms with Gasteiger partial charge in [0.25, 0.3) is 11.5 Å².